The topological polar surface area (TPSA) is 46.9 Å². The second-order valence-electron chi connectivity index (χ2n) is 4.88. The number of hydrogen-bond acceptors (Lipinski definition) is 2. The van der Waals surface area contributed by atoms with Crippen LogP contribution in [0.25, 0.3) is 22.0 Å². The number of rotatable bonds is 2. The van der Waals surface area contributed by atoms with Gasteiger partial charge in [0.15, 0.2) is 0 Å². The molecule has 0 aliphatic rings. The summed E-state index contributed by atoms with van der Waals surface area (Å²) in [5.41, 5.74) is 2.94. The van der Waals surface area contributed by atoms with Gasteiger partial charge in [0, 0.05) is 40.7 Å². The first-order valence-electron chi connectivity index (χ1n) is 6.66. The largest absolute Gasteiger partial charge is 0.354 e. The molecule has 1 aromatic heterocycles. The van der Waals surface area contributed by atoms with Crippen molar-refractivity contribution in [2.45, 2.75) is 0 Å². The molecule has 3 rings (SSSR count). The van der Waals surface area contributed by atoms with Crippen molar-refractivity contribution in [3.63, 3.8) is 0 Å². The number of benzene rings is 2. The zero-order valence-corrected chi connectivity index (χ0v) is 13.5. The van der Waals surface area contributed by atoms with Gasteiger partial charge in [-0.05, 0) is 12.1 Å². The second-order valence-corrected chi connectivity index (χ2v) is 5.72. The van der Waals surface area contributed by atoms with E-state index in [4.69, 9.17) is 23.2 Å². The molecule has 0 aliphatic carbocycles. The van der Waals surface area contributed by atoms with Crippen molar-refractivity contribution in [2.24, 2.45) is 7.05 Å². The van der Waals surface area contributed by atoms with Crippen LogP contribution < -0.4 is 5.32 Å². The van der Waals surface area contributed by atoms with Crippen LogP contribution in [-0.4, -0.2) is 22.7 Å². The van der Waals surface area contributed by atoms with Crippen molar-refractivity contribution in [1.82, 2.24) is 15.1 Å². The highest BCUT2D eigenvalue weighted by Gasteiger charge is 2.18. The quantitative estimate of drug-likeness (QED) is 0.772. The molecule has 1 heterocycles. The van der Waals surface area contributed by atoms with Crippen LogP contribution in [0.4, 0.5) is 0 Å². The smallest absolute Gasteiger partial charge is 0.269 e. The number of aryl methyl sites for hydroxylation is 1. The van der Waals surface area contributed by atoms with E-state index in [1.165, 1.54) is 0 Å². The lowest BCUT2D eigenvalue weighted by Crippen LogP contribution is -2.21. The maximum atomic E-state index is 12.1. The van der Waals surface area contributed by atoms with Crippen LogP contribution >= 0.6 is 23.2 Å². The summed E-state index contributed by atoms with van der Waals surface area (Å²) in [5.74, 6) is -0.177. The minimum absolute atomic E-state index is 0.177. The Morgan fingerprint density at radius 1 is 1.18 bits per heavy atom. The Kier molecular flexibility index (Phi) is 3.81. The van der Waals surface area contributed by atoms with Gasteiger partial charge in [-0.15, -0.1) is 0 Å². The monoisotopic (exact) mass is 333 g/mol. The number of carbonyl (C=O) groups is 1. The average Bonchev–Trinajstić information content (AvgIpc) is 2.82. The molecule has 0 radical (unpaired) electrons. The van der Waals surface area contributed by atoms with Crippen LogP contribution in [-0.2, 0) is 7.05 Å². The van der Waals surface area contributed by atoms with E-state index in [-0.39, 0.29) is 5.91 Å². The first-order valence-corrected chi connectivity index (χ1v) is 7.41. The minimum atomic E-state index is -0.177. The predicted molar refractivity (Wildman–Crippen MR) is 89.6 cm³/mol. The van der Waals surface area contributed by atoms with E-state index in [0.717, 1.165) is 22.0 Å². The lowest BCUT2D eigenvalue weighted by molar-refractivity contribution is 0.0955. The van der Waals surface area contributed by atoms with Gasteiger partial charge < -0.3 is 5.32 Å². The Balaban J connectivity index is 2.30. The van der Waals surface area contributed by atoms with Crippen molar-refractivity contribution in [3.8, 4) is 11.1 Å². The molecule has 4 nitrogen and oxygen atoms in total. The summed E-state index contributed by atoms with van der Waals surface area (Å²) >= 11 is 12.3. The maximum absolute atomic E-state index is 12.1. The fourth-order valence-electron chi connectivity index (χ4n) is 2.53. The normalized spacial score (nSPS) is 10.9. The number of carbonyl (C=O) groups excluding carboxylic acids is 1. The lowest BCUT2D eigenvalue weighted by atomic mass is 10.0. The van der Waals surface area contributed by atoms with E-state index in [9.17, 15) is 4.79 Å². The molecule has 0 fully saturated rings. The highest BCUT2D eigenvalue weighted by atomic mass is 35.5. The summed E-state index contributed by atoms with van der Waals surface area (Å²) in [4.78, 5) is 12.1. The van der Waals surface area contributed by atoms with Crippen LogP contribution in [0.3, 0.4) is 0 Å². The molecule has 0 aliphatic heterocycles. The number of nitrogens with zero attached hydrogens (tertiary/aromatic N) is 2. The van der Waals surface area contributed by atoms with Gasteiger partial charge >= 0.3 is 0 Å². The highest BCUT2D eigenvalue weighted by Crippen LogP contribution is 2.35. The zero-order chi connectivity index (χ0) is 15.9. The van der Waals surface area contributed by atoms with Crippen molar-refractivity contribution in [1.29, 1.82) is 0 Å². The van der Waals surface area contributed by atoms with Gasteiger partial charge in [0.1, 0.15) is 11.2 Å². The molecule has 1 N–H and O–H groups in total. The third-order valence-corrected chi connectivity index (χ3v) is 4.08. The summed E-state index contributed by atoms with van der Waals surface area (Å²) in [7, 11) is 3.35. The fraction of sp³-hybridized carbons (Fsp3) is 0.125. The maximum Gasteiger partial charge on any atom is 0.269 e. The fourth-order valence-corrected chi connectivity index (χ4v) is 3.04. The first kappa shape index (κ1) is 14.9. The van der Waals surface area contributed by atoms with Crippen LogP contribution in [0.2, 0.25) is 10.0 Å². The Morgan fingerprint density at radius 3 is 2.64 bits per heavy atom. The van der Waals surface area contributed by atoms with E-state index in [1.54, 1.807) is 30.9 Å². The Morgan fingerprint density at radius 2 is 1.95 bits per heavy atom. The Labute approximate surface area is 137 Å². The number of nitrogens with one attached hydrogen (secondary N) is 1. The Bertz CT molecular complexity index is 886. The van der Waals surface area contributed by atoms with Crippen molar-refractivity contribution in [3.05, 3.63) is 52.1 Å². The molecule has 0 saturated carbocycles. The molecule has 0 unspecified atom stereocenters. The first-order chi connectivity index (χ1) is 10.5. The summed E-state index contributed by atoms with van der Waals surface area (Å²) in [5, 5.41) is 9.03. The minimum Gasteiger partial charge on any atom is -0.354 e. The number of halogens is 2. The summed E-state index contributed by atoms with van der Waals surface area (Å²) in [6.45, 7) is 0. The zero-order valence-electron chi connectivity index (χ0n) is 12.0. The molecule has 6 heteroatoms. The van der Waals surface area contributed by atoms with Crippen LogP contribution in [0.5, 0.6) is 0 Å². The molecule has 0 saturated heterocycles. The molecule has 22 heavy (non-hydrogen) atoms. The van der Waals surface area contributed by atoms with Crippen molar-refractivity contribution < 1.29 is 4.79 Å². The molecule has 3 aromatic rings. The van der Waals surface area contributed by atoms with E-state index >= 15 is 0 Å². The summed E-state index contributed by atoms with van der Waals surface area (Å²) in [6.07, 6.45) is 0. The van der Waals surface area contributed by atoms with Crippen molar-refractivity contribution >= 4 is 40.0 Å². The van der Waals surface area contributed by atoms with E-state index in [1.807, 2.05) is 24.3 Å². The number of fused-ring (bicyclic) bond motifs is 1. The molecule has 0 bridgehead atoms. The van der Waals surface area contributed by atoms with Gasteiger partial charge in [-0.2, -0.15) is 5.10 Å². The number of amides is 1. The summed E-state index contributed by atoms with van der Waals surface area (Å²) in [6, 6.07) is 11.0. The van der Waals surface area contributed by atoms with Crippen LogP contribution in [0, 0.1) is 0 Å². The van der Waals surface area contributed by atoms with Gasteiger partial charge in [-0.3, -0.25) is 9.48 Å². The lowest BCUT2D eigenvalue weighted by Gasteiger charge is -2.06. The van der Waals surface area contributed by atoms with Gasteiger partial charge in [0.25, 0.3) is 5.91 Å². The number of aromatic nitrogens is 2. The van der Waals surface area contributed by atoms with E-state index in [0.29, 0.717) is 15.7 Å². The van der Waals surface area contributed by atoms with E-state index < -0.39 is 0 Å². The van der Waals surface area contributed by atoms with Gasteiger partial charge in [0.05, 0.1) is 0 Å². The SMILES string of the molecule is CNC(=O)c1c2cccc(-c3ccc(Cl)cc3Cl)c2nn1C. The average molecular weight is 334 g/mol. The second kappa shape index (κ2) is 5.63. The highest BCUT2D eigenvalue weighted by molar-refractivity contribution is 6.36. The molecule has 0 spiro atoms. The standard InChI is InChI=1S/C16H13Cl2N3O/c1-19-16(22)15-12-5-3-4-11(14(12)20-21(15)2)10-7-6-9(17)8-13(10)18/h3-8H,1-2H3,(H,19,22). The third kappa shape index (κ3) is 2.34. The molecular weight excluding hydrogens is 321 g/mol. The molecule has 0 atom stereocenters. The molecule has 2 aromatic carbocycles. The van der Waals surface area contributed by atoms with Gasteiger partial charge in [-0.1, -0.05) is 47.5 Å². The number of hydrogen-bond donors (Lipinski definition) is 1. The van der Waals surface area contributed by atoms with Crippen molar-refractivity contribution in [2.75, 3.05) is 7.05 Å². The van der Waals surface area contributed by atoms with Gasteiger partial charge in [-0.25, -0.2) is 0 Å². The Hall–Kier alpha value is -2.04. The predicted octanol–water partition coefficient (Wildman–Crippen LogP) is 3.91. The summed E-state index contributed by atoms with van der Waals surface area (Å²) < 4.78 is 1.58. The molecule has 1 amide bonds. The van der Waals surface area contributed by atoms with E-state index in [2.05, 4.69) is 10.4 Å². The van der Waals surface area contributed by atoms with Crippen LogP contribution in [0.1, 0.15) is 10.5 Å². The third-order valence-electron chi connectivity index (χ3n) is 3.53. The molecular formula is C16H13Cl2N3O. The van der Waals surface area contributed by atoms with Crippen LogP contribution in [0.15, 0.2) is 36.4 Å². The van der Waals surface area contributed by atoms with Gasteiger partial charge in [0.2, 0.25) is 0 Å². The molecule has 112 valence electrons.